The first kappa shape index (κ1) is 21.6. The zero-order chi connectivity index (χ0) is 22.2. The van der Waals surface area contributed by atoms with E-state index in [4.69, 9.17) is 4.74 Å². The average Bonchev–Trinajstić information content (AvgIpc) is 2.79. The van der Waals surface area contributed by atoms with Gasteiger partial charge >= 0.3 is 11.8 Å². The average molecular weight is 425 g/mol. The first-order valence-electron chi connectivity index (χ1n) is 9.30. The number of hydrogen-bond donors (Lipinski definition) is 2. The van der Waals surface area contributed by atoms with Crippen molar-refractivity contribution in [2.45, 2.75) is 0 Å². The van der Waals surface area contributed by atoms with Gasteiger partial charge in [-0.15, -0.1) is 0 Å². The number of non-ortho nitro benzene ring substituents is 1. The summed E-state index contributed by atoms with van der Waals surface area (Å²) in [4.78, 5) is 48.8. The monoisotopic (exact) mass is 425 g/mol. The normalized spacial score (nSPS) is 13.6. The molecule has 0 unspecified atom stereocenters. The Morgan fingerprint density at radius 2 is 1.81 bits per heavy atom. The number of carbonyl (C=O) groups excluding carboxylic acids is 3. The number of hydrogen-bond acceptors (Lipinski definition) is 7. The van der Waals surface area contributed by atoms with Crippen molar-refractivity contribution in [1.29, 1.82) is 0 Å². The van der Waals surface area contributed by atoms with Crippen LogP contribution in [0.2, 0.25) is 0 Å². The lowest BCUT2D eigenvalue weighted by Crippen LogP contribution is -2.41. The third kappa shape index (κ3) is 5.70. The first-order chi connectivity index (χ1) is 15.0. The van der Waals surface area contributed by atoms with Crippen LogP contribution in [0.1, 0.15) is 15.9 Å². The van der Waals surface area contributed by atoms with Crippen LogP contribution < -0.4 is 10.7 Å². The molecule has 0 spiro atoms. The van der Waals surface area contributed by atoms with Crippen LogP contribution in [0.25, 0.3) is 0 Å². The highest BCUT2D eigenvalue weighted by Crippen LogP contribution is 2.18. The van der Waals surface area contributed by atoms with E-state index in [1.54, 1.807) is 29.2 Å². The van der Waals surface area contributed by atoms with E-state index in [0.29, 0.717) is 31.9 Å². The minimum Gasteiger partial charge on any atom is -0.378 e. The van der Waals surface area contributed by atoms with Crippen LogP contribution in [0.4, 0.5) is 11.4 Å². The van der Waals surface area contributed by atoms with E-state index < -0.39 is 16.7 Å². The van der Waals surface area contributed by atoms with Gasteiger partial charge in [-0.3, -0.25) is 24.5 Å². The number of anilines is 1. The maximum atomic E-state index is 12.7. The SMILES string of the molecule is O=C(N/N=C\c1cccc([N+](=O)[O-])c1)C(=O)Nc1ccccc1C(=O)N1CCOCC1. The second kappa shape index (κ2) is 10.1. The standard InChI is InChI=1S/C20H19N5O6/c26-18(19(27)23-21-13-14-4-3-5-15(12-14)25(29)30)22-17-7-2-1-6-16(17)20(28)24-8-10-31-11-9-24/h1-7,12-13H,8-11H2,(H,22,26)(H,23,27)/b21-13-. The van der Waals surface area contributed by atoms with Gasteiger partial charge in [-0.25, -0.2) is 5.43 Å². The predicted octanol–water partition coefficient (Wildman–Crippen LogP) is 1.16. The Hall–Kier alpha value is -4.12. The number of nitro groups is 1. The molecule has 0 atom stereocenters. The van der Waals surface area contributed by atoms with Crippen molar-refractivity contribution in [2.75, 3.05) is 31.6 Å². The van der Waals surface area contributed by atoms with Crippen LogP contribution in [0.3, 0.4) is 0 Å². The second-order valence-corrected chi connectivity index (χ2v) is 6.46. The number of hydrazone groups is 1. The van der Waals surface area contributed by atoms with E-state index in [9.17, 15) is 24.5 Å². The second-order valence-electron chi connectivity index (χ2n) is 6.46. The van der Waals surface area contributed by atoms with Gasteiger partial charge in [0.25, 0.3) is 11.6 Å². The Bertz CT molecular complexity index is 1030. The molecule has 2 N–H and O–H groups in total. The number of benzene rings is 2. The summed E-state index contributed by atoms with van der Waals surface area (Å²) < 4.78 is 5.24. The molecule has 0 saturated carbocycles. The van der Waals surface area contributed by atoms with Crippen molar-refractivity contribution in [3.05, 3.63) is 69.8 Å². The number of nitro benzene ring substituents is 1. The van der Waals surface area contributed by atoms with Crippen LogP contribution in [-0.2, 0) is 14.3 Å². The molecule has 160 valence electrons. The fourth-order valence-electron chi connectivity index (χ4n) is 2.83. The first-order valence-corrected chi connectivity index (χ1v) is 9.30. The number of morpholine rings is 1. The third-order valence-electron chi connectivity index (χ3n) is 4.37. The molecular weight excluding hydrogens is 406 g/mol. The number of rotatable bonds is 5. The molecule has 3 rings (SSSR count). The highest BCUT2D eigenvalue weighted by molar-refractivity contribution is 6.40. The Balaban J connectivity index is 1.62. The number of carbonyl (C=O) groups is 3. The molecule has 31 heavy (non-hydrogen) atoms. The Kier molecular flexibility index (Phi) is 7.01. The van der Waals surface area contributed by atoms with Crippen molar-refractivity contribution in [2.24, 2.45) is 5.10 Å². The molecule has 11 heteroatoms. The summed E-state index contributed by atoms with van der Waals surface area (Å²) in [6, 6.07) is 12.0. The van der Waals surface area contributed by atoms with Crippen LogP contribution in [-0.4, -0.2) is 60.1 Å². The lowest BCUT2D eigenvalue weighted by Gasteiger charge is -2.27. The molecule has 0 aliphatic carbocycles. The number of amides is 3. The topological polar surface area (TPSA) is 143 Å². The van der Waals surface area contributed by atoms with Crippen molar-refractivity contribution < 1.29 is 24.0 Å². The van der Waals surface area contributed by atoms with E-state index in [-0.39, 0.29) is 22.8 Å². The fraction of sp³-hybridized carbons (Fsp3) is 0.200. The smallest absolute Gasteiger partial charge is 0.329 e. The summed E-state index contributed by atoms with van der Waals surface area (Å²) in [6.07, 6.45) is 1.17. The van der Waals surface area contributed by atoms with E-state index in [2.05, 4.69) is 10.4 Å². The Morgan fingerprint density at radius 1 is 1.06 bits per heavy atom. The zero-order valence-corrected chi connectivity index (χ0v) is 16.3. The molecular formula is C20H19N5O6. The van der Waals surface area contributed by atoms with Crippen molar-refractivity contribution >= 4 is 35.3 Å². The summed E-state index contributed by atoms with van der Waals surface area (Å²) in [7, 11) is 0. The largest absolute Gasteiger partial charge is 0.378 e. The van der Waals surface area contributed by atoms with Gasteiger partial charge in [-0.05, 0) is 12.1 Å². The number of para-hydroxylation sites is 1. The maximum absolute atomic E-state index is 12.7. The molecule has 0 bridgehead atoms. The molecule has 0 radical (unpaired) electrons. The van der Waals surface area contributed by atoms with Gasteiger partial charge < -0.3 is 15.0 Å². The Labute approximate surface area is 176 Å². The van der Waals surface area contributed by atoms with E-state index in [0.717, 1.165) is 0 Å². The van der Waals surface area contributed by atoms with Gasteiger partial charge in [0, 0.05) is 30.8 Å². The minimum absolute atomic E-state index is 0.130. The zero-order valence-electron chi connectivity index (χ0n) is 16.3. The maximum Gasteiger partial charge on any atom is 0.329 e. The molecule has 2 aromatic rings. The molecule has 1 saturated heterocycles. The molecule has 1 heterocycles. The molecule has 1 aliphatic heterocycles. The number of ether oxygens (including phenoxy) is 1. The van der Waals surface area contributed by atoms with Gasteiger partial charge in [0.1, 0.15) is 0 Å². The summed E-state index contributed by atoms with van der Waals surface area (Å²) in [6.45, 7) is 1.75. The predicted molar refractivity (Wildman–Crippen MR) is 111 cm³/mol. The molecule has 0 aromatic heterocycles. The van der Waals surface area contributed by atoms with Crippen LogP contribution in [0, 0.1) is 10.1 Å². The van der Waals surface area contributed by atoms with Crippen molar-refractivity contribution in [1.82, 2.24) is 10.3 Å². The number of nitrogens with one attached hydrogen (secondary N) is 2. The molecule has 1 aliphatic rings. The van der Waals surface area contributed by atoms with Gasteiger partial charge in [0.2, 0.25) is 0 Å². The van der Waals surface area contributed by atoms with Crippen molar-refractivity contribution in [3.63, 3.8) is 0 Å². The van der Waals surface area contributed by atoms with Gasteiger partial charge in [0.15, 0.2) is 0 Å². The molecule has 1 fully saturated rings. The van der Waals surface area contributed by atoms with Gasteiger partial charge in [-0.1, -0.05) is 24.3 Å². The van der Waals surface area contributed by atoms with Crippen LogP contribution >= 0.6 is 0 Å². The van der Waals surface area contributed by atoms with Gasteiger partial charge in [0.05, 0.1) is 35.6 Å². The number of nitrogens with zero attached hydrogens (tertiary/aromatic N) is 3. The lowest BCUT2D eigenvalue weighted by atomic mass is 10.1. The van der Waals surface area contributed by atoms with Crippen LogP contribution in [0.5, 0.6) is 0 Å². The van der Waals surface area contributed by atoms with Gasteiger partial charge in [-0.2, -0.15) is 5.10 Å². The van der Waals surface area contributed by atoms with Crippen LogP contribution in [0.15, 0.2) is 53.6 Å². The minimum atomic E-state index is -1.06. The molecule has 2 aromatic carbocycles. The van der Waals surface area contributed by atoms with E-state index in [1.165, 1.54) is 30.5 Å². The quantitative estimate of drug-likeness (QED) is 0.318. The molecule has 3 amide bonds. The fourth-order valence-corrected chi connectivity index (χ4v) is 2.83. The summed E-state index contributed by atoms with van der Waals surface area (Å²) in [5, 5.41) is 16.8. The summed E-state index contributed by atoms with van der Waals surface area (Å²) >= 11 is 0. The third-order valence-corrected chi connectivity index (χ3v) is 4.37. The molecule has 11 nitrogen and oxygen atoms in total. The lowest BCUT2D eigenvalue weighted by molar-refractivity contribution is -0.384. The van der Waals surface area contributed by atoms with E-state index in [1.807, 2.05) is 5.43 Å². The Morgan fingerprint density at radius 3 is 2.55 bits per heavy atom. The summed E-state index contributed by atoms with van der Waals surface area (Å²) in [5.74, 6) is -2.35. The summed E-state index contributed by atoms with van der Waals surface area (Å²) in [5.41, 5.74) is 2.74. The van der Waals surface area contributed by atoms with Crippen molar-refractivity contribution in [3.8, 4) is 0 Å². The van der Waals surface area contributed by atoms with E-state index >= 15 is 0 Å². The highest BCUT2D eigenvalue weighted by Gasteiger charge is 2.22. The highest BCUT2D eigenvalue weighted by atomic mass is 16.6.